The Hall–Kier alpha value is -5.63. The van der Waals surface area contributed by atoms with Crippen molar-refractivity contribution in [2.45, 2.75) is 25.6 Å². The Morgan fingerprint density at radius 1 is 1.02 bits per heavy atom. The first-order chi connectivity index (χ1) is 21.4. The predicted molar refractivity (Wildman–Crippen MR) is 162 cm³/mol. The van der Waals surface area contributed by atoms with Gasteiger partial charge < -0.3 is 29.7 Å². The van der Waals surface area contributed by atoms with Crippen molar-refractivity contribution in [1.29, 1.82) is 5.26 Å². The Bertz CT molecular complexity index is 1770. The van der Waals surface area contributed by atoms with E-state index in [1.165, 1.54) is 12.4 Å². The molecule has 11 heteroatoms. The minimum atomic E-state index is -0.517. The molecule has 1 saturated heterocycles. The van der Waals surface area contributed by atoms with E-state index in [9.17, 15) is 14.9 Å². The van der Waals surface area contributed by atoms with Gasteiger partial charge in [0.2, 0.25) is 0 Å². The summed E-state index contributed by atoms with van der Waals surface area (Å²) in [4.78, 5) is 36.8. The van der Waals surface area contributed by atoms with Gasteiger partial charge in [-0.1, -0.05) is 24.3 Å². The number of hydrogen-bond acceptors (Lipinski definition) is 9. The van der Waals surface area contributed by atoms with Gasteiger partial charge in [0.15, 0.2) is 29.6 Å². The summed E-state index contributed by atoms with van der Waals surface area (Å²) in [5, 5.41) is 15.7. The van der Waals surface area contributed by atoms with Crippen molar-refractivity contribution in [3.8, 4) is 34.4 Å². The Kier molecular flexibility index (Phi) is 7.97. The summed E-state index contributed by atoms with van der Waals surface area (Å²) in [5.74, 6) is 1.37. The van der Waals surface area contributed by atoms with Gasteiger partial charge in [-0.05, 0) is 65.6 Å². The van der Waals surface area contributed by atoms with Crippen LogP contribution in [0, 0.1) is 18.3 Å². The molecule has 0 saturated carbocycles. The van der Waals surface area contributed by atoms with Crippen molar-refractivity contribution < 1.29 is 23.8 Å². The number of methoxy groups -OCH3 is 1. The zero-order valence-electron chi connectivity index (χ0n) is 24.2. The van der Waals surface area contributed by atoms with Crippen LogP contribution in [0.5, 0.6) is 17.2 Å². The number of nitrogens with one attached hydrogen (secondary N) is 2. The first-order valence-corrected chi connectivity index (χ1v) is 14.1. The van der Waals surface area contributed by atoms with E-state index < -0.39 is 12.1 Å². The van der Waals surface area contributed by atoms with Crippen LogP contribution >= 0.6 is 0 Å². The maximum Gasteiger partial charge on any atom is 0.258 e. The number of ether oxygens (including phenoxy) is 3. The quantitative estimate of drug-likeness (QED) is 0.360. The summed E-state index contributed by atoms with van der Waals surface area (Å²) in [7, 11) is 1.54. The highest BCUT2D eigenvalue weighted by Crippen LogP contribution is 2.32. The minimum absolute atomic E-state index is 0.151. The van der Waals surface area contributed by atoms with E-state index >= 15 is 0 Å². The number of carbonyl (C=O) groups is 2. The third kappa shape index (κ3) is 5.96. The fourth-order valence-corrected chi connectivity index (χ4v) is 5.41. The SMILES string of the molecule is COc1cc2ccc1O[C@H]1CN(c3nccnc3C#N)C[C@@H]1NC(=O)c1ccc(C)c(c1)-c1cccc(c1)OCC(=O)NC2. The standard InChI is InChI=1S/C33H30N6O5/c1-20-6-8-23-14-25(20)22-4-3-5-24(13-22)43-19-31(40)37-16-21-7-9-28(29(12-21)42-2)44-30-18-39(17-27(30)38-33(23)41)32-26(15-34)35-10-11-36-32/h3-14,27,30H,16-19H2,1-2H3,(H,37,40)(H,38,41)/t27-,30-/m0/s1. The van der Waals surface area contributed by atoms with E-state index in [1.807, 2.05) is 48.2 Å². The molecule has 11 nitrogen and oxygen atoms in total. The van der Waals surface area contributed by atoms with Crippen LogP contribution in [0.2, 0.25) is 0 Å². The molecule has 4 aromatic rings. The van der Waals surface area contributed by atoms with Gasteiger partial charge in [0, 0.05) is 31.0 Å². The van der Waals surface area contributed by atoms with Crippen molar-refractivity contribution in [1.82, 2.24) is 20.6 Å². The third-order valence-corrected chi connectivity index (χ3v) is 7.68. The molecule has 0 aliphatic carbocycles. The van der Waals surface area contributed by atoms with E-state index in [-0.39, 0.29) is 30.7 Å². The highest BCUT2D eigenvalue weighted by Gasteiger charge is 2.38. The maximum atomic E-state index is 13.7. The van der Waals surface area contributed by atoms with E-state index in [2.05, 4.69) is 26.7 Å². The fraction of sp³-hybridized carbons (Fsp3) is 0.242. The van der Waals surface area contributed by atoms with Crippen molar-refractivity contribution in [2.24, 2.45) is 0 Å². The number of nitriles is 1. The second kappa shape index (κ2) is 12.3. The van der Waals surface area contributed by atoms with Crippen LogP contribution in [-0.2, 0) is 11.3 Å². The second-order valence-corrected chi connectivity index (χ2v) is 10.6. The van der Waals surface area contributed by atoms with Crippen molar-refractivity contribution in [3.63, 3.8) is 0 Å². The molecule has 44 heavy (non-hydrogen) atoms. The molecule has 3 aliphatic rings. The summed E-state index contributed by atoms with van der Waals surface area (Å²) >= 11 is 0. The Balaban J connectivity index is 1.39. The van der Waals surface area contributed by atoms with E-state index in [1.54, 1.807) is 31.4 Å². The smallest absolute Gasteiger partial charge is 0.258 e. The first-order valence-electron chi connectivity index (χ1n) is 14.1. The zero-order chi connectivity index (χ0) is 30.6. The van der Waals surface area contributed by atoms with E-state index in [0.717, 1.165) is 22.3 Å². The van der Waals surface area contributed by atoms with Crippen molar-refractivity contribution in [3.05, 3.63) is 95.4 Å². The lowest BCUT2D eigenvalue weighted by Crippen LogP contribution is -2.45. The highest BCUT2D eigenvalue weighted by atomic mass is 16.5. The molecular weight excluding hydrogens is 560 g/mol. The number of anilines is 1. The molecule has 0 unspecified atom stereocenters. The molecule has 2 atom stereocenters. The van der Waals surface area contributed by atoms with Gasteiger partial charge in [-0.2, -0.15) is 5.26 Å². The van der Waals surface area contributed by atoms with Crippen LogP contribution in [0.3, 0.4) is 0 Å². The van der Waals surface area contributed by atoms with Gasteiger partial charge in [-0.25, -0.2) is 9.97 Å². The number of aromatic nitrogens is 2. The molecule has 7 rings (SSSR count). The highest BCUT2D eigenvalue weighted by molar-refractivity contribution is 5.96. The second-order valence-electron chi connectivity index (χ2n) is 10.6. The molecule has 2 N–H and O–H groups in total. The Labute approximate surface area is 254 Å². The molecule has 4 heterocycles. The lowest BCUT2D eigenvalue weighted by atomic mass is 9.97. The number of nitrogens with zero attached hydrogens (tertiary/aromatic N) is 4. The molecule has 2 amide bonds. The van der Waals surface area contributed by atoms with Gasteiger partial charge in [-0.15, -0.1) is 0 Å². The van der Waals surface area contributed by atoms with E-state index in [4.69, 9.17) is 14.2 Å². The molecule has 3 aliphatic heterocycles. The number of amides is 2. The number of benzene rings is 3. The zero-order valence-corrected chi connectivity index (χ0v) is 24.2. The molecule has 6 bridgehead atoms. The molecule has 1 aromatic heterocycles. The van der Waals surface area contributed by atoms with E-state index in [0.29, 0.717) is 41.7 Å². The average Bonchev–Trinajstić information content (AvgIpc) is 3.44. The van der Waals surface area contributed by atoms with Gasteiger partial charge in [0.1, 0.15) is 17.9 Å². The van der Waals surface area contributed by atoms with Crippen LogP contribution in [0.25, 0.3) is 11.1 Å². The average molecular weight is 591 g/mol. The predicted octanol–water partition coefficient (Wildman–Crippen LogP) is 3.41. The molecule has 222 valence electrons. The van der Waals surface area contributed by atoms with Crippen molar-refractivity contribution in [2.75, 3.05) is 31.7 Å². The lowest BCUT2D eigenvalue weighted by molar-refractivity contribution is -0.123. The Morgan fingerprint density at radius 2 is 1.89 bits per heavy atom. The fourth-order valence-electron chi connectivity index (χ4n) is 5.41. The topological polar surface area (TPSA) is 139 Å². The molecular formula is C33H30N6O5. The Morgan fingerprint density at radius 3 is 2.73 bits per heavy atom. The molecule has 1 fully saturated rings. The molecule has 0 radical (unpaired) electrons. The van der Waals surface area contributed by atoms with Crippen LogP contribution in [0.1, 0.15) is 27.2 Å². The van der Waals surface area contributed by atoms with Crippen LogP contribution in [0.4, 0.5) is 5.82 Å². The number of fused-ring (bicyclic) bond motifs is 7. The monoisotopic (exact) mass is 590 g/mol. The molecule has 0 spiro atoms. The number of rotatable bonds is 2. The number of carbonyl (C=O) groups excluding carboxylic acids is 2. The lowest BCUT2D eigenvalue weighted by Gasteiger charge is -2.23. The van der Waals surface area contributed by atoms with Gasteiger partial charge in [0.25, 0.3) is 11.8 Å². The summed E-state index contributed by atoms with van der Waals surface area (Å²) in [6, 6.07) is 20.0. The number of hydrogen-bond donors (Lipinski definition) is 2. The van der Waals surface area contributed by atoms with Gasteiger partial charge in [-0.3, -0.25) is 9.59 Å². The van der Waals surface area contributed by atoms with Crippen LogP contribution in [-0.4, -0.2) is 60.7 Å². The third-order valence-electron chi connectivity index (χ3n) is 7.68. The van der Waals surface area contributed by atoms with Crippen molar-refractivity contribution >= 4 is 17.6 Å². The summed E-state index contributed by atoms with van der Waals surface area (Å²) in [5.41, 5.74) is 4.18. The van der Waals surface area contributed by atoms with Crippen LogP contribution in [0.15, 0.2) is 73.1 Å². The first kappa shape index (κ1) is 28.5. The maximum absolute atomic E-state index is 13.7. The van der Waals surface area contributed by atoms with Gasteiger partial charge >= 0.3 is 0 Å². The van der Waals surface area contributed by atoms with Crippen LogP contribution < -0.4 is 29.7 Å². The summed E-state index contributed by atoms with van der Waals surface area (Å²) < 4.78 is 17.9. The summed E-state index contributed by atoms with van der Waals surface area (Å²) in [6.45, 7) is 2.77. The molecule has 3 aromatic carbocycles. The minimum Gasteiger partial charge on any atom is -0.493 e. The summed E-state index contributed by atoms with van der Waals surface area (Å²) in [6.07, 6.45) is 2.48. The number of aryl methyl sites for hydroxylation is 1. The normalized spacial score (nSPS) is 18.2. The largest absolute Gasteiger partial charge is 0.493 e. The van der Waals surface area contributed by atoms with Gasteiger partial charge in [0.05, 0.1) is 19.7 Å².